The van der Waals surface area contributed by atoms with Crippen molar-refractivity contribution in [1.82, 2.24) is 24.6 Å². The molecule has 172 valence electrons. The molecule has 0 bridgehead atoms. The smallest absolute Gasteiger partial charge is 0.378 e. The fourth-order valence-electron chi connectivity index (χ4n) is 4.26. The molecular formula is C23H24ClN5O4. The molecule has 0 saturated carbocycles. The van der Waals surface area contributed by atoms with Gasteiger partial charge in [-0.05, 0) is 25.5 Å². The zero-order valence-electron chi connectivity index (χ0n) is 18.5. The quantitative estimate of drug-likeness (QED) is 0.452. The molecule has 1 fully saturated rings. The van der Waals surface area contributed by atoms with Crippen molar-refractivity contribution in [1.29, 1.82) is 0 Å². The molecule has 0 aliphatic carbocycles. The number of fused-ring (bicyclic) bond motifs is 1. The molecule has 33 heavy (non-hydrogen) atoms. The number of hydrogen-bond acceptors (Lipinski definition) is 6. The van der Waals surface area contributed by atoms with Gasteiger partial charge in [-0.3, -0.25) is 19.2 Å². The summed E-state index contributed by atoms with van der Waals surface area (Å²) in [6.07, 6.45) is 0. The lowest BCUT2D eigenvalue weighted by Gasteiger charge is -2.44. The summed E-state index contributed by atoms with van der Waals surface area (Å²) in [5.74, 6) is -3.13. The number of carbonyl (C=O) groups excluding carboxylic acids is 2. The average Bonchev–Trinajstić information content (AvgIpc) is 3.09. The van der Waals surface area contributed by atoms with Crippen molar-refractivity contribution in [3.05, 3.63) is 58.4 Å². The second kappa shape index (κ2) is 8.92. The van der Waals surface area contributed by atoms with Gasteiger partial charge in [-0.15, -0.1) is 0 Å². The first-order chi connectivity index (χ1) is 15.7. The van der Waals surface area contributed by atoms with Gasteiger partial charge in [-0.2, -0.15) is 5.10 Å². The molecule has 0 radical (unpaired) electrons. The van der Waals surface area contributed by atoms with Crippen LogP contribution in [0.1, 0.15) is 40.4 Å². The maximum absolute atomic E-state index is 13.4. The van der Waals surface area contributed by atoms with Crippen molar-refractivity contribution in [3.63, 3.8) is 0 Å². The normalized spacial score (nSPS) is 19.1. The van der Waals surface area contributed by atoms with E-state index < -0.39 is 11.8 Å². The second-order valence-corrected chi connectivity index (χ2v) is 8.77. The second-order valence-electron chi connectivity index (χ2n) is 8.36. The third-order valence-corrected chi connectivity index (χ3v) is 6.27. The Morgan fingerprint density at radius 1 is 1.12 bits per heavy atom. The fourth-order valence-corrected chi connectivity index (χ4v) is 4.48. The van der Waals surface area contributed by atoms with Crippen LogP contribution in [0.2, 0.25) is 5.02 Å². The van der Waals surface area contributed by atoms with Crippen LogP contribution in [0, 0.1) is 0 Å². The number of pyridine rings is 1. The van der Waals surface area contributed by atoms with Crippen LogP contribution in [0.5, 0.6) is 0 Å². The number of carboxylic acids is 1. The molecule has 3 aromatic rings. The Hall–Kier alpha value is -3.30. The monoisotopic (exact) mass is 469 g/mol. The van der Waals surface area contributed by atoms with Gasteiger partial charge in [0.15, 0.2) is 0 Å². The summed E-state index contributed by atoms with van der Waals surface area (Å²) in [7, 11) is 1.45. The van der Waals surface area contributed by atoms with Gasteiger partial charge in [0.1, 0.15) is 22.4 Å². The van der Waals surface area contributed by atoms with Crippen LogP contribution < -0.4 is 0 Å². The summed E-state index contributed by atoms with van der Waals surface area (Å²) in [6, 6.07) is 11.6. The summed E-state index contributed by atoms with van der Waals surface area (Å²) in [6.45, 7) is 5.99. The molecule has 9 nitrogen and oxygen atoms in total. The molecule has 3 heterocycles. The third-order valence-electron chi connectivity index (χ3n) is 5.98. The number of carbonyl (C=O) groups is 3. The van der Waals surface area contributed by atoms with Gasteiger partial charge in [0, 0.05) is 38.8 Å². The van der Waals surface area contributed by atoms with E-state index in [-0.39, 0.29) is 45.4 Å². The van der Waals surface area contributed by atoms with E-state index in [4.69, 9.17) is 16.7 Å². The number of ketones is 1. The standard InChI is InChI=1S/C23H24ClN5O4/c1-13-11-29(14(2)10-28(13)12-15-7-5-4-6-8-15)22(31)18-16(24)9-17-19(25-18)20(27(3)26-17)21(30)23(32)33/h4-9,13-14H,10-12H2,1-3H3,(H,32,33)/t13-,14+/m0/s1. The highest BCUT2D eigenvalue weighted by Gasteiger charge is 2.34. The number of aliphatic carboxylic acids is 1. The Morgan fingerprint density at radius 3 is 2.48 bits per heavy atom. The molecule has 2 atom stereocenters. The number of rotatable bonds is 5. The molecule has 2 aromatic heterocycles. The van der Waals surface area contributed by atoms with Crippen molar-refractivity contribution in [2.45, 2.75) is 32.5 Å². The first-order valence-corrected chi connectivity index (χ1v) is 10.9. The van der Waals surface area contributed by atoms with Crippen LogP contribution in [0.15, 0.2) is 36.4 Å². The van der Waals surface area contributed by atoms with E-state index in [1.165, 1.54) is 18.7 Å². The molecule has 0 spiro atoms. The number of hydrogen-bond donors (Lipinski definition) is 1. The average molecular weight is 470 g/mol. The molecule has 10 heteroatoms. The molecule has 1 N–H and O–H groups in total. The third kappa shape index (κ3) is 4.34. The Bertz CT molecular complexity index is 1240. The van der Waals surface area contributed by atoms with E-state index in [9.17, 15) is 14.4 Å². The molecule has 1 saturated heterocycles. The van der Waals surface area contributed by atoms with Gasteiger partial charge >= 0.3 is 5.97 Å². The number of carboxylic acid groups (broad SMARTS) is 1. The van der Waals surface area contributed by atoms with Gasteiger partial charge in [0.2, 0.25) is 0 Å². The van der Waals surface area contributed by atoms with Gasteiger partial charge < -0.3 is 10.0 Å². The predicted octanol–water partition coefficient (Wildman–Crippen LogP) is 2.62. The van der Waals surface area contributed by atoms with Gasteiger partial charge in [-0.25, -0.2) is 9.78 Å². The zero-order chi connectivity index (χ0) is 23.9. The van der Waals surface area contributed by atoms with Crippen LogP contribution in [0.4, 0.5) is 0 Å². The Labute approximate surface area is 195 Å². The number of halogens is 1. The zero-order valence-corrected chi connectivity index (χ0v) is 19.3. The minimum Gasteiger partial charge on any atom is -0.475 e. The number of piperazine rings is 1. The summed E-state index contributed by atoms with van der Waals surface area (Å²) < 4.78 is 1.14. The van der Waals surface area contributed by atoms with Gasteiger partial charge in [0.25, 0.3) is 11.7 Å². The summed E-state index contributed by atoms with van der Waals surface area (Å²) in [5, 5.41) is 13.4. The highest BCUT2D eigenvalue weighted by atomic mass is 35.5. The Kier molecular flexibility index (Phi) is 6.18. The van der Waals surface area contributed by atoms with Crippen molar-refractivity contribution in [2.24, 2.45) is 7.05 Å². The maximum Gasteiger partial charge on any atom is 0.378 e. The van der Waals surface area contributed by atoms with Crippen LogP contribution in [0.3, 0.4) is 0 Å². The minimum absolute atomic E-state index is 0.0211. The fraction of sp³-hybridized carbons (Fsp3) is 0.348. The highest BCUT2D eigenvalue weighted by Crippen LogP contribution is 2.27. The lowest BCUT2D eigenvalue weighted by Crippen LogP contribution is -2.57. The lowest BCUT2D eigenvalue weighted by atomic mass is 10.1. The number of amides is 1. The molecule has 0 unspecified atom stereocenters. The number of benzene rings is 1. The van der Waals surface area contributed by atoms with Crippen molar-refractivity contribution in [2.75, 3.05) is 13.1 Å². The topological polar surface area (TPSA) is 109 Å². The largest absolute Gasteiger partial charge is 0.475 e. The van der Waals surface area contributed by atoms with Crippen molar-refractivity contribution >= 4 is 40.3 Å². The van der Waals surface area contributed by atoms with E-state index in [1.54, 1.807) is 4.90 Å². The number of Topliss-reactive ketones (excluding diaryl/α,β-unsaturated/α-hetero) is 1. The summed E-state index contributed by atoms with van der Waals surface area (Å²) in [5.41, 5.74) is 1.28. The first kappa shape index (κ1) is 22.9. The maximum atomic E-state index is 13.4. The minimum atomic E-state index is -1.62. The molecule has 4 rings (SSSR count). The van der Waals surface area contributed by atoms with E-state index in [2.05, 4.69) is 34.0 Å². The van der Waals surface area contributed by atoms with E-state index >= 15 is 0 Å². The summed E-state index contributed by atoms with van der Waals surface area (Å²) >= 11 is 6.37. The highest BCUT2D eigenvalue weighted by molar-refractivity contribution is 6.41. The van der Waals surface area contributed by atoms with E-state index in [0.29, 0.717) is 13.1 Å². The molecule has 1 aliphatic heterocycles. The van der Waals surface area contributed by atoms with Crippen LogP contribution in [-0.4, -0.2) is 72.5 Å². The van der Waals surface area contributed by atoms with Crippen LogP contribution in [-0.2, 0) is 18.4 Å². The Balaban J connectivity index is 1.62. The van der Waals surface area contributed by atoms with Crippen molar-refractivity contribution in [3.8, 4) is 0 Å². The summed E-state index contributed by atoms with van der Waals surface area (Å²) in [4.78, 5) is 45.2. The van der Waals surface area contributed by atoms with E-state index in [1.807, 2.05) is 25.1 Å². The van der Waals surface area contributed by atoms with Crippen LogP contribution in [0.25, 0.3) is 11.0 Å². The SMILES string of the molecule is C[C@@H]1CN(Cc2ccccc2)[C@@H](C)CN1C(=O)c1nc2c(C(=O)C(=O)O)n(C)nc2cc1Cl. The first-order valence-electron chi connectivity index (χ1n) is 10.6. The van der Waals surface area contributed by atoms with Gasteiger partial charge in [-0.1, -0.05) is 41.9 Å². The molecule has 1 amide bonds. The van der Waals surface area contributed by atoms with Crippen LogP contribution >= 0.6 is 11.6 Å². The Morgan fingerprint density at radius 2 is 1.82 bits per heavy atom. The number of nitrogens with zero attached hydrogens (tertiary/aromatic N) is 5. The van der Waals surface area contributed by atoms with Gasteiger partial charge in [0.05, 0.1) is 5.02 Å². The predicted molar refractivity (Wildman–Crippen MR) is 122 cm³/mol. The molecule has 1 aliphatic rings. The molecular weight excluding hydrogens is 446 g/mol. The molecule has 1 aromatic carbocycles. The number of aromatic nitrogens is 3. The van der Waals surface area contributed by atoms with Crippen molar-refractivity contribution < 1.29 is 19.5 Å². The van der Waals surface area contributed by atoms with E-state index in [0.717, 1.165) is 11.2 Å². The lowest BCUT2D eigenvalue weighted by molar-refractivity contribution is -0.131. The number of aryl methyl sites for hydroxylation is 1.